The summed E-state index contributed by atoms with van der Waals surface area (Å²) in [6.07, 6.45) is 16.8. The van der Waals surface area contributed by atoms with E-state index in [0.29, 0.717) is 18.0 Å². The van der Waals surface area contributed by atoms with Crippen LogP contribution in [0.5, 0.6) is 0 Å². The quantitative estimate of drug-likeness (QED) is 0.370. The highest BCUT2D eigenvalue weighted by Crippen LogP contribution is 2.56. The Morgan fingerprint density at radius 3 is 2.00 bits per heavy atom. The smallest absolute Gasteiger partial charge is 0.143 e. The Labute approximate surface area is 182 Å². The molecule has 2 aromatic rings. The molecule has 0 bridgehead atoms. The summed E-state index contributed by atoms with van der Waals surface area (Å²) in [4.78, 5) is 0. The number of rotatable bonds is 6. The van der Waals surface area contributed by atoms with Crippen LogP contribution in [-0.4, -0.2) is 6.16 Å². The topological polar surface area (TPSA) is 17.1 Å². The standard InChI is InChI=1S/C28H33OP/c1-23-18-20-25(21-19-23)28(2,24-12-6-3-7-13-24)22-30(29,26-14-8-4-9-15-26)27-16-10-5-11-17-27/h4-18,24-25H,3,19-22H2,1-2H3/t25-,28?/m0/s1. The molecule has 30 heavy (non-hydrogen) atoms. The fourth-order valence-electron chi connectivity index (χ4n) is 5.25. The molecule has 0 aromatic heterocycles. The summed E-state index contributed by atoms with van der Waals surface area (Å²) in [6.45, 7) is 4.64. The maximum Gasteiger partial charge on any atom is 0.143 e. The van der Waals surface area contributed by atoms with Crippen molar-refractivity contribution in [3.05, 3.63) is 96.6 Å². The van der Waals surface area contributed by atoms with Crippen LogP contribution >= 0.6 is 7.14 Å². The molecule has 0 heterocycles. The Hall–Kier alpha value is -2.11. The van der Waals surface area contributed by atoms with Gasteiger partial charge < -0.3 is 4.57 Å². The molecule has 2 aliphatic rings. The van der Waals surface area contributed by atoms with Gasteiger partial charge in [-0.1, -0.05) is 104 Å². The summed E-state index contributed by atoms with van der Waals surface area (Å²) < 4.78 is 14.9. The molecule has 0 saturated heterocycles. The molecule has 0 N–H and O–H groups in total. The number of hydrogen-bond donors (Lipinski definition) is 0. The molecule has 1 unspecified atom stereocenters. The fraction of sp³-hybridized carbons (Fsp3) is 0.357. The lowest BCUT2D eigenvalue weighted by atomic mass is 9.64. The van der Waals surface area contributed by atoms with E-state index in [0.717, 1.165) is 29.9 Å². The van der Waals surface area contributed by atoms with Gasteiger partial charge >= 0.3 is 0 Å². The second kappa shape index (κ2) is 8.94. The molecule has 0 aliphatic heterocycles. The van der Waals surface area contributed by atoms with Crippen molar-refractivity contribution >= 4 is 17.8 Å². The van der Waals surface area contributed by atoms with E-state index in [4.69, 9.17) is 0 Å². The van der Waals surface area contributed by atoms with Crippen molar-refractivity contribution in [2.75, 3.05) is 6.16 Å². The highest BCUT2D eigenvalue weighted by atomic mass is 31.2. The van der Waals surface area contributed by atoms with E-state index in [1.807, 2.05) is 36.4 Å². The first-order valence-electron chi connectivity index (χ1n) is 11.2. The van der Waals surface area contributed by atoms with E-state index in [9.17, 15) is 4.57 Å². The van der Waals surface area contributed by atoms with E-state index in [1.165, 1.54) is 12.0 Å². The lowest BCUT2D eigenvalue weighted by Crippen LogP contribution is -2.41. The van der Waals surface area contributed by atoms with Crippen LogP contribution in [0.25, 0.3) is 0 Å². The largest absolute Gasteiger partial charge is 0.314 e. The summed E-state index contributed by atoms with van der Waals surface area (Å²) >= 11 is 0. The summed E-state index contributed by atoms with van der Waals surface area (Å²) in [5, 5.41) is 1.96. The normalized spacial score (nSPS) is 21.8. The second-order valence-corrected chi connectivity index (χ2v) is 12.0. The van der Waals surface area contributed by atoms with E-state index >= 15 is 0 Å². The van der Waals surface area contributed by atoms with E-state index in [-0.39, 0.29) is 5.41 Å². The third-order valence-corrected chi connectivity index (χ3v) is 10.6. The van der Waals surface area contributed by atoms with Crippen molar-refractivity contribution in [2.24, 2.45) is 17.3 Å². The molecule has 0 fully saturated rings. The van der Waals surface area contributed by atoms with Crippen LogP contribution in [0.1, 0.15) is 39.5 Å². The zero-order valence-electron chi connectivity index (χ0n) is 18.2. The summed E-state index contributed by atoms with van der Waals surface area (Å²) in [7, 11) is -2.78. The van der Waals surface area contributed by atoms with Crippen molar-refractivity contribution in [3.8, 4) is 0 Å². The molecule has 156 valence electrons. The molecule has 0 spiro atoms. The molecule has 1 nitrogen and oxygen atoms in total. The maximum absolute atomic E-state index is 14.9. The third-order valence-electron chi connectivity index (χ3n) is 7.20. The third kappa shape index (κ3) is 4.19. The van der Waals surface area contributed by atoms with Gasteiger partial charge in [0.2, 0.25) is 0 Å². The Balaban J connectivity index is 1.81. The average Bonchev–Trinajstić information content (AvgIpc) is 2.81. The average molecular weight is 417 g/mol. The van der Waals surface area contributed by atoms with Crippen LogP contribution in [0.15, 0.2) is 96.6 Å². The monoisotopic (exact) mass is 416 g/mol. The SMILES string of the molecule is CC1=CC[C@H](C(C)(CP(=O)(c2ccccc2)c2ccccc2)C2C=CCC=C2)CC1. The van der Waals surface area contributed by atoms with Gasteiger partial charge in [0.25, 0.3) is 0 Å². The number of allylic oxidation sites excluding steroid dienone is 6. The molecule has 2 aromatic carbocycles. The van der Waals surface area contributed by atoms with Gasteiger partial charge in [0, 0.05) is 22.7 Å². The van der Waals surface area contributed by atoms with E-state index < -0.39 is 7.14 Å². The second-order valence-electron chi connectivity index (χ2n) is 9.21. The molecular formula is C28H33OP. The van der Waals surface area contributed by atoms with Crippen LogP contribution < -0.4 is 10.6 Å². The van der Waals surface area contributed by atoms with Gasteiger partial charge in [0.05, 0.1) is 0 Å². The first-order chi connectivity index (χ1) is 14.5. The lowest BCUT2D eigenvalue weighted by molar-refractivity contribution is 0.160. The van der Waals surface area contributed by atoms with Gasteiger partial charge in [0.15, 0.2) is 0 Å². The fourth-order valence-corrected chi connectivity index (χ4v) is 8.65. The number of benzene rings is 2. The minimum absolute atomic E-state index is 0.0637. The summed E-state index contributed by atoms with van der Waals surface area (Å²) in [5.41, 5.74) is 1.43. The Morgan fingerprint density at radius 1 is 0.933 bits per heavy atom. The van der Waals surface area contributed by atoms with Gasteiger partial charge in [-0.2, -0.15) is 0 Å². The molecule has 0 amide bonds. The lowest BCUT2D eigenvalue weighted by Gasteiger charge is -2.45. The van der Waals surface area contributed by atoms with Crippen molar-refractivity contribution in [2.45, 2.75) is 39.5 Å². The maximum atomic E-state index is 14.9. The van der Waals surface area contributed by atoms with Gasteiger partial charge in [-0.05, 0) is 43.9 Å². The Kier molecular flexibility index (Phi) is 6.30. The number of hydrogen-bond acceptors (Lipinski definition) is 1. The van der Waals surface area contributed by atoms with Gasteiger partial charge in [-0.3, -0.25) is 0 Å². The van der Waals surface area contributed by atoms with Crippen LogP contribution in [0.4, 0.5) is 0 Å². The molecule has 4 rings (SSSR count). The van der Waals surface area contributed by atoms with Crippen molar-refractivity contribution in [3.63, 3.8) is 0 Å². The molecule has 2 aliphatic carbocycles. The Morgan fingerprint density at radius 2 is 1.50 bits per heavy atom. The summed E-state index contributed by atoms with van der Waals surface area (Å²) in [5.74, 6) is 0.850. The Bertz CT molecular complexity index is 930. The predicted molar refractivity (Wildman–Crippen MR) is 130 cm³/mol. The molecule has 0 radical (unpaired) electrons. The minimum Gasteiger partial charge on any atom is -0.314 e. The predicted octanol–water partition coefficient (Wildman–Crippen LogP) is 6.89. The first kappa shape index (κ1) is 21.1. The van der Waals surface area contributed by atoms with Crippen molar-refractivity contribution in [1.29, 1.82) is 0 Å². The molecular weight excluding hydrogens is 383 g/mol. The van der Waals surface area contributed by atoms with E-state index in [2.05, 4.69) is 68.5 Å². The zero-order chi connectivity index (χ0) is 21.0. The van der Waals surface area contributed by atoms with Crippen molar-refractivity contribution in [1.82, 2.24) is 0 Å². The molecule has 2 heteroatoms. The van der Waals surface area contributed by atoms with Crippen LogP contribution in [0.2, 0.25) is 0 Å². The van der Waals surface area contributed by atoms with Crippen LogP contribution in [-0.2, 0) is 4.57 Å². The van der Waals surface area contributed by atoms with Gasteiger partial charge in [-0.15, -0.1) is 0 Å². The first-order valence-corrected chi connectivity index (χ1v) is 13.1. The van der Waals surface area contributed by atoms with Crippen molar-refractivity contribution < 1.29 is 4.57 Å². The van der Waals surface area contributed by atoms with Gasteiger partial charge in [0.1, 0.15) is 7.14 Å². The van der Waals surface area contributed by atoms with Gasteiger partial charge in [-0.25, -0.2) is 0 Å². The highest BCUT2D eigenvalue weighted by molar-refractivity contribution is 7.78. The molecule has 0 saturated carbocycles. The minimum atomic E-state index is -2.78. The highest BCUT2D eigenvalue weighted by Gasteiger charge is 2.45. The molecule has 2 atom stereocenters. The van der Waals surface area contributed by atoms with Crippen LogP contribution in [0.3, 0.4) is 0 Å². The zero-order valence-corrected chi connectivity index (χ0v) is 19.1. The van der Waals surface area contributed by atoms with E-state index in [1.54, 1.807) is 0 Å². The summed E-state index contributed by atoms with van der Waals surface area (Å²) in [6, 6.07) is 20.4. The van der Waals surface area contributed by atoms with Crippen LogP contribution in [0, 0.1) is 17.3 Å².